The fourth-order valence-electron chi connectivity index (χ4n) is 1.43. The van der Waals surface area contributed by atoms with Crippen LogP contribution in [-0.4, -0.2) is 34.6 Å². The van der Waals surface area contributed by atoms with Gasteiger partial charge in [-0.05, 0) is 12.1 Å². The molecule has 1 rings (SSSR count). The van der Waals surface area contributed by atoms with Gasteiger partial charge in [-0.2, -0.15) is 0 Å². The fourth-order valence-corrected chi connectivity index (χ4v) is 1.43. The summed E-state index contributed by atoms with van der Waals surface area (Å²) < 4.78 is 4.79. The summed E-state index contributed by atoms with van der Waals surface area (Å²) in [6.07, 6.45) is 0.223. The van der Waals surface area contributed by atoms with Crippen molar-refractivity contribution in [2.75, 3.05) is 6.61 Å². The average Bonchev–Trinajstić information content (AvgIpc) is 2.38. The standard InChI is InChI=1S/C12H13NO6/c1-2-8(13(17)18)7-19-12(16)10-6-4-3-5-9(10)11(14)15/h3-6,8H,2,7H2,1H3,(H,14,15). The lowest BCUT2D eigenvalue weighted by atomic mass is 10.1. The molecule has 0 fully saturated rings. The molecule has 19 heavy (non-hydrogen) atoms. The molecule has 0 amide bonds. The van der Waals surface area contributed by atoms with Crippen LogP contribution in [0.25, 0.3) is 0 Å². The normalized spacial score (nSPS) is 11.6. The van der Waals surface area contributed by atoms with Crippen molar-refractivity contribution in [1.82, 2.24) is 0 Å². The van der Waals surface area contributed by atoms with Crippen LogP contribution >= 0.6 is 0 Å². The summed E-state index contributed by atoms with van der Waals surface area (Å²) in [6.45, 7) is 1.22. The van der Waals surface area contributed by atoms with Gasteiger partial charge < -0.3 is 9.84 Å². The highest BCUT2D eigenvalue weighted by Gasteiger charge is 2.22. The van der Waals surface area contributed by atoms with E-state index < -0.39 is 22.9 Å². The minimum atomic E-state index is -1.26. The van der Waals surface area contributed by atoms with Gasteiger partial charge in [0.15, 0.2) is 6.61 Å². The molecule has 7 heteroatoms. The Bertz CT molecular complexity index is 499. The fraction of sp³-hybridized carbons (Fsp3) is 0.333. The van der Waals surface area contributed by atoms with E-state index in [9.17, 15) is 19.7 Å². The molecule has 1 aromatic carbocycles. The number of esters is 1. The molecule has 0 bridgehead atoms. The maximum Gasteiger partial charge on any atom is 0.339 e. The number of aromatic carboxylic acids is 1. The highest BCUT2D eigenvalue weighted by Crippen LogP contribution is 2.11. The molecule has 0 aromatic heterocycles. The van der Waals surface area contributed by atoms with E-state index in [-0.39, 0.29) is 24.2 Å². The zero-order valence-electron chi connectivity index (χ0n) is 10.2. The smallest absolute Gasteiger partial charge is 0.339 e. The van der Waals surface area contributed by atoms with Gasteiger partial charge in [0.25, 0.3) is 0 Å². The first-order chi connectivity index (χ1) is 8.97. The van der Waals surface area contributed by atoms with Crippen molar-refractivity contribution in [2.24, 2.45) is 0 Å². The van der Waals surface area contributed by atoms with Crippen molar-refractivity contribution in [3.63, 3.8) is 0 Å². The molecule has 1 unspecified atom stereocenters. The Morgan fingerprint density at radius 1 is 1.37 bits per heavy atom. The zero-order valence-corrected chi connectivity index (χ0v) is 10.2. The van der Waals surface area contributed by atoms with Gasteiger partial charge in [0.1, 0.15) is 0 Å². The predicted molar refractivity (Wildman–Crippen MR) is 64.8 cm³/mol. The molecule has 0 saturated carbocycles. The Labute approximate surface area is 109 Å². The lowest BCUT2D eigenvalue weighted by molar-refractivity contribution is -0.525. The van der Waals surface area contributed by atoms with Crippen molar-refractivity contribution in [1.29, 1.82) is 0 Å². The Kier molecular flexibility index (Phi) is 4.99. The quantitative estimate of drug-likeness (QED) is 0.476. The molecular weight excluding hydrogens is 254 g/mol. The van der Waals surface area contributed by atoms with Crippen LogP contribution in [0.2, 0.25) is 0 Å². The first-order valence-corrected chi connectivity index (χ1v) is 5.60. The topological polar surface area (TPSA) is 107 Å². The van der Waals surface area contributed by atoms with Gasteiger partial charge in [-0.3, -0.25) is 10.1 Å². The molecule has 102 valence electrons. The molecule has 0 aliphatic carbocycles. The van der Waals surface area contributed by atoms with Crippen LogP contribution in [0.5, 0.6) is 0 Å². The molecule has 0 aliphatic heterocycles. The first kappa shape index (κ1) is 14.6. The largest absolute Gasteiger partial charge is 0.478 e. The minimum absolute atomic E-state index is 0.117. The van der Waals surface area contributed by atoms with E-state index in [1.54, 1.807) is 6.92 Å². The molecule has 1 aromatic rings. The number of carboxylic acids is 1. The highest BCUT2D eigenvalue weighted by atomic mass is 16.6. The summed E-state index contributed by atoms with van der Waals surface area (Å²) in [7, 11) is 0. The van der Waals surface area contributed by atoms with Crippen molar-refractivity contribution in [3.8, 4) is 0 Å². The molecular formula is C12H13NO6. The summed E-state index contributed by atoms with van der Waals surface area (Å²) in [5, 5.41) is 19.5. The van der Waals surface area contributed by atoms with Gasteiger partial charge in [-0.15, -0.1) is 0 Å². The molecule has 1 N–H and O–H groups in total. The van der Waals surface area contributed by atoms with E-state index in [1.165, 1.54) is 24.3 Å². The van der Waals surface area contributed by atoms with E-state index in [2.05, 4.69) is 0 Å². The summed E-state index contributed by atoms with van der Waals surface area (Å²) >= 11 is 0. The highest BCUT2D eigenvalue weighted by molar-refractivity contribution is 6.02. The summed E-state index contributed by atoms with van der Waals surface area (Å²) in [5.74, 6) is -2.13. The van der Waals surface area contributed by atoms with Gasteiger partial charge >= 0.3 is 11.9 Å². The molecule has 0 saturated heterocycles. The molecule has 0 heterocycles. The van der Waals surface area contributed by atoms with Gasteiger partial charge in [0.05, 0.1) is 11.1 Å². The van der Waals surface area contributed by atoms with Crippen molar-refractivity contribution >= 4 is 11.9 Å². The molecule has 7 nitrogen and oxygen atoms in total. The van der Waals surface area contributed by atoms with Crippen LogP contribution in [0.3, 0.4) is 0 Å². The molecule has 0 radical (unpaired) electrons. The molecule has 0 spiro atoms. The number of carboxylic acid groups (broad SMARTS) is 1. The SMILES string of the molecule is CCC(COC(=O)c1ccccc1C(=O)O)[N+](=O)[O-]. The van der Waals surface area contributed by atoms with E-state index in [1.807, 2.05) is 0 Å². The summed E-state index contributed by atoms with van der Waals surface area (Å²) in [4.78, 5) is 32.7. The van der Waals surface area contributed by atoms with Gasteiger partial charge in [-0.25, -0.2) is 9.59 Å². The van der Waals surface area contributed by atoms with Crippen LogP contribution in [-0.2, 0) is 4.74 Å². The van der Waals surface area contributed by atoms with Crippen molar-refractivity contribution in [2.45, 2.75) is 19.4 Å². The number of rotatable bonds is 6. The maximum atomic E-state index is 11.7. The summed E-state index contributed by atoms with van der Waals surface area (Å²) in [5.41, 5.74) is -0.310. The third kappa shape index (κ3) is 3.77. The lowest BCUT2D eigenvalue weighted by Crippen LogP contribution is -2.26. The van der Waals surface area contributed by atoms with Crippen LogP contribution < -0.4 is 0 Å². The maximum absolute atomic E-state index is 11.7. The number of carbonyl (C=O) groups is 2. The minimum Gasteiger partial charge on any atom is -0.478 e. The second kappa shape index (κ2) is 6.48. The van der Waals surface area contributed by atoms with Crippen LogP contribution in [0.15, 0.2) is 24.3 Å². The van der Waals surface area contributed by atoms with E-state index in [0.717, 1.165) is 0 Å². The number of benzene rings is 1. The molecule has 1 atom stereocenters. The van der Waals surface area contributed by atoms with Crippen LogP contribution in [0.4, 0.5) is 0 Å². The monoisotopic (exact) mass is 267 g/mol. The van der Waals surface area contributed by atoms with Crippen LogP contribution in [0, 0.1) is 10.1 Å². The Morgan fingerprint density at radius 3 is 2.42 bits per heavy atom. The number of ether oxygens (including phenoxy) is 1. The Morgan fingerprint density at radius 2 is 1.95 bits per heavy atom. The van der Waals surface area contributed by atoms with E-state index in [0.29, 0.717) is 0 Å². The zero-order chi connectivity index (χ0) is 14.4. The number of nitrogens with zero attached hydrogens (tertiary/aromatic N) is 1. The molecule has 0 aliphatic rings. The van der Waals surface area contributed by atoms with Gasteiger partial charge in [-0.1, -0.05) is 19.1 Å². The van der Waals surface area contributed by atoms with E-state index >= 15 is 0 Å². The van der Waals surface area contributed by atoms with Gasteiger partial charge in [0.2, 0.25) is 6.04 Å². The van der Waals surface area contributed by atoms with Crippen molar-refractivity contribution in [3.05, 3.63) is 45.5 Å². The van der Waals surface area contributed by atoms with Crippen molar-refractivity contribution < 1.29 is 24.4 Å². The summed E-state index contributed by atoms with van der Waals surface area (Å²) in [6, 6.07) is 4.56. The first-order valence-electron chi connectivity index (χ1n) is 5.60. The third-order valence-electron chi connectivity index (χ3n) is 2.55. The Hall–Kier alpha value is -2.44. The average molecular weight is 267 g/mol. The number of hydrogen-bond acceptors (Lipinski definition) is 5. The second-order valence-electron chi connectivity index (χ2n) is 3.80. The third-order valence-corrected chi connectivity index (χ3v) is 2.55. The number of hydrogen-bond donors (Lipinski definition) is 1. The Balaban J connectivity index is 2.79. The number of nitro groups is 1. The van der Waals surface area contributed by atoms with E-state index in [4.69, 9.17) is 9.84 Å². The lowest BCUT2D eigenvalue weighted by Gasteiger charge is -2.09. The number of carbonyl (C=O) groups excluding carboxylic acids is 1. The second-order valence-corrected chi connectivity index (χ2v) is 3.80. The van der Waals surface area contributed by atoms with Crippen LogP contribution in [0.1, 0.15) is 34.1 Å². The predicted octanol–water partition coefficient (Wildman–Crippen LogP) is 1.60. The van der Waals surface area contributed by atoms with Gasteiger partial charge in [0, 0.05) is 11.3 Å².